The quantitative estimate of drug-likeness (QED) is 0.447. The SMILES string of the molecule is C[C@H](OC(=O)CCN1C(=O)[C@H]2CC=CC[C@@H]2C1=O)C(=O)Nc1ccc(Cl)cc1. The Morgan fingerprint density at radius 3 is 2.29 bits per heavy atom. The average Bonchev–Trinajstić information content (AvgIpc) is 2.92. The van der Waals surface area contributed by atoms with Crippen molar-refractivity contribution in [1.82, 2.24) is 4.90 Å². The zero-order valence-corrected chi connectivity index (χ0v) is 16.1. The van der Waals surface area contributed by atoms with Gasteiger partial charge in [-0.25, -0.2) is 0 Å². The van der Waals surface area contributed by atoms with Gasteiger partial charge >= 0.3 is 5.97 Å². The van der Waals surface area contributed by atoms with E-state index in [2.05, 4.69) is 5.32 Å². The fourth-order valence-corrected chi connectivity index (χ4v) is 3.51. The van der Waals surface area contributed by atoms with E-state index in [0.717, 1.165) is 4.90 Å². The molecule has 1 N–H and O–H groups in total. The van der Waals surface area contributed by atoms with Crippen LogP contribution in [0.3, 0.4) is 0 Å². The Morgan fingerprint density at radius 1 is 1.14 bits per heavy atom. The number of amides is 3. The number of ether oxygens (including phenoxy) is 1. The maximum Gasteiger partial charge on any atom is 0.308 e. The summed E-state index contributed by atoms with van der Waals surface area (Å²) in [7, 11) is 0. The van der Waals surface area contributed by atoms with Gasteiger partial charge < -0.3 is 10.1 Å². The molecular weight excluding hydrogens is 384 g/mol. The summed E-state index contributed by atoms with van der Waals surface area (Å²) in [6.45, 7) is 1.42. The number of rotatable bonds is 6. The highest BCUT2D eigenvalue weighted by atomic mass is 35.5. The molecule has 0 unspecified atom stereocenters. The van der Waals surface area contributed by atoms with Crippen molar-refractivity contribution in [2.75, 3.05) is 11.9 Å². The third-order valence-corrected chi connectivity index (χ3v) is 5.18. The summed E-state index contributed by atoms with van der Waals surface area (Å²) >= 11 is 5.79. The van der Waals surface area contributed by atoms with Crippen molar-refractivity contribution in [3.05, 3.63) is 41.4 Å². The maximum absolute atomic E-state index is 12.4. The molecule has 1 saturated heterocycles. The van der Waals surface area contributed by atoms with Gasteiger partial charge in [-0.15, -0.1) is 0 Å². The molecule has 1 fully saturated rings. The number of allylic oxidation sites excluding steroid dienone is 2. The number of benzene rings is 1. The molecule has 1 heterocycles. The van der Waals surface area contributed by atoms with E-state index in [1.807, 2.05) is 12.2 Å². The predicted molar refractivity (Wildman–Crippen MR) is 102 cm³/mol. The molecule has 0 radical (unpaired) electrons. The minimum Gasteiger partial charge on any atom is -0.452 e. The molecule has 3 amide bonds. The number of likely N-dealkylation sites (tertiary alicyclic amines) is 1. The largest absolute Gasteiger partial charge is 0.452 e. The van der Waals surface area contributed by atoms with Crippen LogP contribution in [0.2, 0.25) is 5.02 Å². The van der Waals surface area contributed by atoms with Crippen LogP contribution in [0, 0.1) is 11.8 Å². The molecule has 3 atom stereocenters. The van der Waals surface area contributed by atoms with E-state index in [1.165, 1.54) is 6.92 Å². The molecule has 28 heavy (non-hydrogen) atoms. The van der Waals surface area contributed by atoms with Crippen molar-refractivity contribution in [3.63, 3.8) is 0 Å². The second-order valence-corrected chi connectivity index (χ2v) is 7.30. The van der Waals surface area contributed by atoms with E-state index >= 15 is 0 Å². The molecule has 148 valence electrons. The molecule has 8 heteroatoms. The van der Waals surface area contributed by atoms with Crippen LogP contribution < -0.4 is 5.32 Å². The molecule has 1 aromatic rings. The highest BCUT2D eigenvalue weighted by molar-refractivity contribution is 6.30. The van der Waals surface area contributed by atoms with Gasteiger partial charge in [-0.2, -0.15) is 0 Å². The van der Waals surface area contributed by atoms with Gasteiger partial charge in [0.1, 0.15) is 0 Å². The number of fused-ring (bicyclic) bond motifs is 1. The minimum atomic E-state index is -1.01. The van der Waals surface area contributed by atoms with Crippen LogP contribution in [-0.2, 0) is 23.9 Å². The first-order valence-corrected chi connectivity index (χ1v) is 9.50. The molecule has 1 aliphatic carbocycles. The van der Waals surface area contributed by atoms with Gasteiger partial charge in [0.25, 0.3) is 5.91 Å². The summed E-state index contributed by atoms with van der Waals surface area (Å²) in [5.41, 5.74) is 0.529. The summed E-state index contributed by atoms with van der Waals surface area (Å²) in [4.78, 5) is 50.1. The number of nitrogens with one attached hydrogen (secondary N) is 1. The van der Waals surface area contributed by atoms with Gasteiger partial charge in [-0.1, -0.05) is 23.8 Å². The van der Waals surface area contributed by atoms with E-state index in [-0.39, 0.29) is 36.6 Å². The number of nitrogens with zero attached hydrogens (tertiary/aromatic N) is 1. The molecule has 0 bridgehead atoms. The van der Waals surface area contributed by atoms with E-state index in [1.54, 1.807) is 24.3 Å². The van der Waals surface area contributed by atoms with Gasteiger partial charge in [0.15, 0.2) is 6.10 Å². The normalized spacial score (nSPS) is 22.0. The third-order valence-electron chi connectivity index (χ3n) is 4.93. The Hall–Kier alpha value is -2.67. The lowest BCUT2D eigenvalue weighted by atomic mass is 9.85. The van der Waals surface area contributed by atoms with Crippen LogP contribution in [-0.4, -0.2) is 41.2 Å². The number of carbonyl (C=O) groups is 4. The fraction of sp³-hybridized carbons (Fsp3) is 0.400. The van der Waals surface area contributed by atoms with Crippen molar-refractivity contribution >= 4 is 41.0 Å². The van der Waals surface area contributed by atoms with Crippen molar-refractivity contribution in [3.8, 4) is 0 Å². The number of hydrogen-bond acceptors (Lipinski definition) is 5. The lowest BCUT2D eigenvalue weighted by Crippen LogP contribution is -2.35. The first kappa shape index (κ1) is 20.1. The molecule has 3 rings (SSSR count). The number of esters is 1. The maximum atomic E-state index is 12.4. The summed E-state index contributed by atoms with van der Waals surface area (Å²) in [5, 5.41) is 3.16. The number of anilines is 1. The second-order valence-electron chi connectivity index (χ2n) is 6.86. The average molecular weight is 405 g/mol. The van der Waals surface area contributed by atoms with Crippen LogP contribution in [0.1, 0.15) is 26.2 Å². The number of hydrogen-bond donors (Lipinski definition) is 1. The van der Waals surface area contributed by atoms with Gasteiger partial charge in [0.05, 0.1) is 18.3 Å². The Balaban J connectivity index is 1.47. The standard InChI is InChI=1S/C20H21ClN2O5/c1-12(18(25)22-14-8-6-13(21)7-9-14)28-17(24)10-11-23-19(26)15-4-2-3-5-16(15)20(23)27/h2-3,6-9,12,15-16H,4-5,10-11H2,1H3,(H,22,25)/t12-,15-,16-/m0/s1. The predicted octanol–water partition coefficient (Wildman–Crippen LogP) is 2.55. The monoisotopic (exact) mass is 404 g/mol. The van der Waals surface area contributed by atoms with Crippen molar-refractivity contribution in [2.45, 2.75) is 32.3 Å². The van der Waals surface area contributed by atoms with E-state index < -0.39 is 18.0 Å². The third kappa shape index (κ3) is 4.42. The second kappa shape index (κ2) is 8.56. The minimum absolute atomic E-state index is 0.0327. The van der Waals surface area contributed by atoms with Crippen LogP contribution in [0.25, 0.3) is 0 Å². The highest BCUT2D eigenvalue weighted by Crippen LogP contribution is 2.35. The van der Waals surface area contributed by atoms with E-state index in [9.17, 15) is 19.2 Å². The summed E-state index contributed by atoms with van der Waals surface area (Å²) < 4.78 is 5.12. The van der Waals surface area contributed by atoms with Gasteiger partial charge in [0, 0.05) is 17.3 Å². The van der Waals surface area contributed by atoms with Crippen molar-refractivity contribution in [1.29, 1.82) is 0 Å². The number of imide groups is 1. The molecule has 1 aromatic carbocycles. The Labute approximate surface area is 167 Å². The lowest BCUT2D eigenvalue weighted by Gasteiger charge is -2.16. The lowest BCUT2D eigenvalue weighted by molar-refractivity contribution is -0.154. The first-order chi connectivity index (χ1) is 13.4. The molecule has 0 saturated carbocycles. The highest BCUT2D eigenvalue weighted by Gasteiger charge is 2.47. The Bertz CT molecular complexity index is 794. The van der Waals surface area contributed by atoms with Crippen molar-refractivity contribution < 1.29 is 23.9 Å². The van der Waals surface area contributed by atoms with Gasteiger partial charge in [-0.3, -0.25) is 24.1 Å². The molecule has 2 aliphatic rings. The first-order valence-electron chi connectivity index (χ1n) is 9.13. The smallest absolute Gasteiger partial charge is 0.308 e. The van der Waals surface area contributed by atoms with Gasteiger partial charge in [0.2, 0.25) is 11.8 Å². The van der Waals surface area contributed by atoms with E-state index in [4.69, 9.17) is 16.3 Å². The van der Waals surface area contributed by atoms with Gasteiger partial charge in [-0.05, 0) is 44.0 Å². The molecule has 7 nitrogen and oxygen atoms in total. The Kier molecular flexibility index (Phi) is 6.14. The summed E-state index contributed by atoms with van der Waals surface area (Å²) in [5.74, 6) is -2.25. The van der Waals surface area contributed by atoms with Crippen LogP contribution in [0.4, 0.5) is 5.69 Å². The van der Waals surface area contributed by atoms with E-state index in [0.29, 0.717) is 23.6 Å². The molecular formula is C20H21ClN2O5. The Morgan fingerprint density at radius 2 is 1.71 bits per heavy atom. The van der Waals surface area contributed by atoms with Crippen molar-refractivity contribution in [2.24, 2.45) is 11.8 Å². The van der Waals surface area contributed by atoms with Crippen LogP contribution in [0.15, 0.2) is 36.4 Å². The topological polar surface area (TPSA) is 92.8 Å². The molecule has 1 aliphatic heterocycles. The van der Waals surface area contributed by atoms with Crippen LogP contribution in [0.5, 0.6) is 0 Å². The number of halogens is 1. The molecule has 0 aromatic heterocycles. The number of carbonyl (C=O) groups excluding carboxylic acids is 4. The fourth-order valence-electron chi connectivity index (χ4n) is 3.38. The summed E-state index contributed by atoms with van der Waals surface area (Å²) in [6.07, 6.45) is 3.76. The zero-order chi connectivity index (χ0) is 20.3. The summed E-state index contributed by atoms with van der Waals surface area (Å²) in [6, 6.07) is 6.53. The molecule has 0 spiro atoms. The van der Waals surface area contributed by atoms with Crippen LogP contribution >= 0.6 is 11.6 Å². The zero-order valence-electron chi connectivity index (χ0n) is 15.4.